The number of unbranched alkanes of at least 4 members (excludes halogenated alkanes) is 2. The molecule has 2 heterocycles. The monoisotopic (exact) mass is 573 g/mol. The van der Waals surface area contributed by atoms with E-state index in [0.29, 0.717) is 62.7 Å². The van der Waals surface area contributed by atoms with Crippen molar-refractivity contribution in [2.45, 2.75) is 106 Å². The van der Waals surface area contributed by atoms with Crippen LogP contribution in [0.15, 0.2) is 16.8 Å². The highest BCUT2D eigenvalue weighted by Gasteiger charge is 2.23. The Morgan fingerprint density at radius 1 is 1.02 bits per heavy atom. The van der Waals surface area contributed by atoms with Crippen LogP contribution in [-0.2, 0) is 20.9 Å². The SMILES string of the molecule is CCCN(CCCNC(=O)CC(C)(C)C)C(=O)C1=Cc2c(cnn2CCCCCNC(=O)OC(C)(C)C)N=C(N)C1. The second-order valence-electron chi connectivity index (χ2n) is 12.8. The van der Waals surface area contributed by atoms with E-state index in [2.05, 4.69) is 20.7 Å². The van der Waals surface area contributed by atoms with Gasteiger partial charge in [-0.05, 0) is 64.4 Å². The van der Waals surface area contributed by atoms with Crippen LogP contribution in [0.25, 0.3) is 6.08 Å². The summed E-state index contributed by atoms with van der Waals surface area (Å²) in [7, 11) is 0. The number of hydrogen-bond acceptors (Lipinski definition) is 7. The lowest BCUT2D eigenvalue weighted by atomic mass is 9.92. The van der Waals surface area contributed by atoms with Gasteiger partial charge in [0.1, 0.15) is 17.1 Å². The van der Waals surface area contributed by atoms with Gasteiger partial charge < -0.3 is 26.0 Å². The second-order valence-corrected chi connectivity index (χ2v) is 12.8. The first-order valence-corrected chi connectivity index (χ1v) is 14.8. The van der Waals surface area contributed by atoms with E-state index < -0.39 is 11.7 Å². The summed E-state index contributed by atoms with van der Waals surface area (Å²) in [5.74, 6) is 0.336. The summed E-state index contributed by atoms with van der Waals surface area (Å²) in [5, 5.41) is 10.2. The zero-order chi connectivity index (χ0) is 30.6. The molecule has 0 aliphatic carbocycles. The third kappa shape index (κ3) is 12.8. The summed E-state index contributed by atoms with van der Waals surface area (Å²) < 4.78 is 7.12. The molecule has 0 saturated heterocycles. The highest BCUT2D eigenvalue weighted by Crippen LogP contribution is 2.27. The normalized spacial score (nSPS) is 13.4. The summed E-state index contributed by atoms with van der Waals surface area (Å²) >= 11 is 0. The largest absolute Gasteiger partial charge is 0.444 e. The molecule has 11 nitrogen and oxygen atoms in total. The predicted molar refractivity (Wildman–Crippen MR) is 163 cm³/mol. The fourth-order valence-corrected chi connectivity index (χ4v) is 4.44. The van der Waals surface area contributed by atoms with E-state index in [-0.39, 0.29) is 23.7 Å². The highest BCUT2D eigenvalue weighted by molar-refractivity contribution is 6.05. The fourth-order valence-electron chi connectivity index (χ4n) is 4.44. The number of amides is 3. The van der Waals surface area contributed by atoms with Gasteiger partial charge in [-0.1, -0.05) is 27.7 Å². The maximum Gasteiger partial charge on any atom is 0.407 e. The third-order valence-corrected chi connectivity index (χ3v) is 6.19. The number of ether oxygens (including phenoxy) is 1. The van der Waals surface area contributed by atoms with E-state index >= 15 is 0 Å². The number of nitrogens with one attached hydrogen (secondary N) is 2. The highest BCUT2D eigenvalue weighted by atomic mass is 16.6. The Labute approximate surface area is 245 Å². The Bertz CT molecular complexity index is 1090. The van der Waals surface area contributed by atoms with Gasteiger partial charge in [-0.3, -0.25) is 14.3 Å². The summed E-state index contributed by atoms with van der Waals surface area (Å²) in [6, 6.07) is 0. The summed E-state index contributed by atoms with van der Waals surface area (Å²) in [4.78, 5) is 43.9. The van der Waals surface area contributed by atoms with Gasteiger partial charge in [0.05, 0.1) is 11.9 Å². The Morgan fingerprint density at radius 3 is 2.39 bits per heavy atom. The smallest absolute Gasteiger partial charge is 0.407 e. The number of carbonyl (C=O) groups excluding carboxylic acids is 3. The van der Waals surface area contributed by atoms with Gasteiger partial charge in [-0.25, -0.2) is 9.79 Å². The first kappa shape index (κ1) is 33.8. The standard InChI is InChI=1S/C30H51N7O4/c1-8-15-36(16-12-14-32-26(38)20-29(2,3)4)27(39)22-18-24-23(35-25(31)19-22)21-34-37(24)17-11-9-10-13-33-28(40)41-30(5,6)7/h18,21H,8-17,19-20H2,1-7H3,(H2,31,35)(H,32,38)(H,33,40). The van der Waals surface area contributed by atoms with Crippen LogP contribution in [0, 0.1) is 5.41 Å². The lowest BCUT2D eigenvalue weighted by Crippen LogP contribution is -2.37. The molecule has 0 bridgehead atoms. The average molecular weight is 574 g/mol. The number of hydrogen-bond donors (Lipinski definition) is 3. The van der Waals surface area contributed by atoms with Crippen molar-refractivity contribution in [3.05, 3.63) is 17.5 Å². The second kappa shape index (κ2) is 15.6. The maximum absolute atomic E-state index is 13.6. The van der Waals surface area contributed by atoms with E-state index in [1.807, 2.05) is 64.1 Å². The van der Waals surface area contributed by atoms with Crippen LogP contribution >= 0.6 is 0 Å². The number of alkyl carbamates (subject to hydrolysis) is 1. The maximum atomic E-state index is 13.6. The molecule has 1 aliphatic rings. The zero-order valence-corrected chi connectivity index (χ0v) is 26.1. The number of rotatable bonds is 14. The number of nitrogens with zero attached hydrogens (tertiary/aromatic N) is 4. The molecule has 1 aromatic rings. The predicted octanol–water partition coefficient (Wildman–Crippen LogP) is 4.54. The number of amidine groups is 1. The van der Waals surface area contributed by atoms with Crippen LogP contribution in [0.4, 0.5) is 10.5 Å². The molecule has 4 N–H and O–H groups in total. The van der Waals surface area contributed by atoms with Crippen molar-refractivity contribution in [2.24, 2.45) is 16.1 Å². The molecule has 0 atom stereocenters. The van der Waals surface area contributed by atoms with Gasteiger partial charge in [0.15, 0.2) is 0 Å². The quantitative estimate of drug-likeness (QED) is 0.279. The average Bonchev–Trinajstić information content (AvgIpc) is 3.11. The molecule has 0 spiro atoms. The molecule has 1 aromatic heterocycles. The van der Waals surface area contributed by atoms with Gasteiger partial charge >= 0.3 is 6.09 Å². The van der Waals surface area contributed by atoms with Crippen molar-refractivity contribution in [1.29, 1.82) is 0 Å². The number of fused-ring (bicyclic) bond motifs is 1. The van der Waals surface area contributed by atoms with Gasteiger partial charge in [-0.2, -0.15) is 5.10 Å². The van der Waals surface area contributed by atoms with E-state index in [9.17, 15) is 14.4 Å². The summed E-state index contributed by atoms with van der Waals surface area (Å²) in [6.07, 6.45) is 7.93. The van der Waals surface area contributed by atoms with Crippen LogP contribution in [0.1, 0.15) is 99.1 Å². The van der Waals surface area contributed by atoms with Crippen molar-refractivity contribution in [3.63, 3.8) is 0 Å². The molecule has 3 amide bonds. The minimum absolute atomic E-state index is 0.0291. The van der Waals surface area contributed by atoms with Gasteiger partial charge in [0.25, 0.3) is 0 Å². The van der Waals surface area contributed by atoms with Gasteiger partial charge in [-0.15, -0.1) is 0 Å². The molecular formula is C30H51N7O4. The van der Waals surface area contributed by atoms with Crippen molar-refractivity contribution >= 4 is 35.5 Å². The zero-order valence-electron chi connectivity index (χ0n) is 26.1. The lowest BCUT2D eigenvalue weighted by molar-refractivity contribution is -0.127. The van der Waals surface area contributed by atoms with Crippen molar-refractivity contribution in [3.8, 4) is 0 Å². The molecule has 11 heteroatoms. The molecule has 0 radical (unpaired) electrons. The summed E-state index contributed by atoms with van der Waals surface area (Å²) in [5.41, 5.74) is 7.62. The topological polar surface area (TPSA) is 144 Å². The first-order valence-electron chi connectivity index (χ1n) is 14.8. The molecule has 0 aromatic carbocycles. The minimum Gasteiger partial charge on any atom is -0.444 e. The number of aromatic nitrogens is 2. The Morgan fingerprint density at radius 2 is 1.73 bits per heavy atom. The van der Waals surface area contributed by atoms with E-state index in [1.54, 1.807) is 6.20 Å². The fraction of sp³-hybridized carbons (Fsp3) is 0.700. The molecule has 1 aliphatic heterocycles. The lowest BCUT2D eigenvalue weighted by Gasteiger charge is -2.24. The number of aliphatic imine (C=N–C) groups is 1. The molecule has 0 saturated carbocycles. The number of aryl methyl sites for hydroxylation is 1. The molecule has 0 fully saturated rings. The van der Waals surface area contributed by atoms with E-state index in [0.717, 1.165) is 31.4 Å². The minimum atomic E-state index is -0.515. The molecule has 41 heavy (non-hydrogen) atoms. The van der Waals surface area contributed by atoms with Crippen LogP contribution in [0.2, 0.25) is 0 Å². The number of nitrogens with two attached hydrogens (primary N) is 1. The van der Waals surface area contributed by atoms with Crippen molar-refractivity contribution in [2.75, 3.05) is 26.2 Å². The van der Waals surface area contributed by atoms with Crippen molar-refractivity contribution in [1.82, 2.24) is 25.3 Å². The Balaban J connectivity index is 1.96. The number of carbonyl (C=O) groups is 3. The summed E-state index contributed by atoms with van der Waals surface area (Å²) in [6.45, 7) is 16.5. The van der Waals surface area contributed by atoms with Crippen molar-refractivity contribution < 1.29 is 19.1 Å². The van der Waals surface area contributed by atoms with Crippen LogP contribution < -0.4 is 16.4 Å². The molecular weight excluding hydrogens is 522 g/mol. The van der Waals surface area contributed by atoms with Crippen LogP contribution in [0.5, 0.6) is 0 Å². The van der Waals surface area contributed by atoms with Crippen LogP contribution in [0.3, 0.4) is 0 Å². The van der Waals surface area contributed by atoms with Gasteiger partial charge in [0.2, 0.25) is 11.8 Å². The van der Waals surface area contributed by atoms with Crippen LogP contribution in [-0.4, -0.2) is 70.2 Å². The molecule has 230 valence electrons. The Hall–Kier alpha value is -3.37. The molecule has 2 rings (SSSR count). The first-order chi connectivity index (χ1) is 19.2. The van der Waals surface area contributed by atoms with E-state index in [1.165, 1.54) is 0 Å². The third-order valence-electron chi connectivity index (χ3n) is 6.19. The van der Waals surface area contributed by atoms with E-state index in [4.69, 9.17) is 10.5 Å². The molecule has 0 unspecified atom stereocenters. The van der Waals surface area contributed by atoms with Gasteiger partial charge in [0, 0.05) is 51.1 Å². The Kier molecular flexibility index (Phi) is 12.9.